The van der Waals surface area contributed by atoms with Crippen LogP contribution < -0.4 is 10.6 Å². The summed E-state index contributed by atoms with van der Waals surface area (Å²) in [5.41, 5.74) is 2.09. The van der Waals surface area contributed by atoms with Crippen molar-refractivity contribution in [2.24, 2.45) is 0 Å². The molecule has 0 aliphatic carbocycles. The minimum atomic E-state index is -0.452. The lowest BCUT2D eigenvalue weighted by atomic mass is 10.1. The molecule has 1 fully saturated rings. The number of carbonyl (C=O) groups excluding carboxylic acids is 3. The highest BCUT2D eigenvalue weighted by molar-refractivity contribution is 6.09. The molecule has 4 rings (SSSR count). The Bertz CT molecular complexity index is 1200. The van der Waals surface area contributed by atoms with Gasteiger partial charge in [0.15, 0.2) is 5.75 Å². The van der Waals surface area contributed by atoms with Crippen LogP contribution in [-0.2, 0) is 4.74 Å². The van der Waals surface area contributed by atoms with E-state index >= 15 is 0 Å². The number of benzene rings is 3. The van der Waals surface area contributed by atoms with Gasteiger partial charge in [0, 0.05) is 29.9 Å². The number of nitrogens with zero attached hydrogens (tertiary/aromatic N) is 1. The van der Waals surface area contributed by atoms with Gasteiger partial charge in [0.25, 0.3) is 17.7 Å². The topological polar surface area (TPSA) is 108 Å². The molecule has 3 aromatic rings. The van der Waals surface area contributed by atoms with Crippen molar-refractivity contribution in [2.75, 3.05) is 36.9 Å². The monoisotopic (exact) mass is 459 g/mol. The lowest BCUT2D eigenvalue weighted by Crippen LogP contribution is -2.40. The van der Waals surface area contributed by atoms with E-state index in [0.717, 1.165) is 5.56 Å². The summed E-state index contributed by atoms with van der Waals surface area (Å²) in [7, 11) is 0. The summed E-state index contributed by atoms with van der Waals surface area (Å²) < 4.78 is 5.30. The fourth-order valence-electron chi connectivity index (χ4n) is 3.59. The summed E-state index contributed by atoms with van der Waals surface area (Å²) in [5, 5.41) is 16.3. The maximum absolute atomic E-state index is 13.2. The molecular formula is C26H25N3O5. The summed E-state index contributed by atoms with van der Waals surface area (Å²) >= 11 is 0. The van der Waals surface area contributed by atoms with Crippen LogP contribution in [0.25, 0.3) is 0 Å². The molecule has 3 N–H and O–H groups in total. The number of phenols is 1. The second kappa shape index (κ2) is 10.2. The van der Waals surface area contributed by atoms with E-state index in [-0.39, 0.29) is 28.6 Å². The van der Waals surface area contributed by atoms with Crippen molar-refractivity contribution in [3.05, 3.63) is 89.0 Å². The van der Waals surface area contributed by atoms with Gasteiger partial charge in [-0.15, -0.1) is 0 Å². The quantitative estimate of drug-likeness (QED) is 0.399. The molecule has 0 radical (unpaired) electrons. The van der Waals surface area contributed by atoms with Crippen molar-refractivity contribution in [3.8, 4) is 5.75 Å². The molecule has 1 heterocycles. The molecule has 0 unspecified atom stereocenters. The van der Waals surface area contributed by atoms with Crippen molar-refractivity contribution in [1.82, 2.24) is 4.90 Å². The van der Waals surface area contributed by atoms with E-state index in [1.54, 1.807) is 59.5 Å². The Labute approximate surface area is 197 Å². The normalized spacial score (nSPS) is 13.3. The first-order valence-electron chi connectivity index (χ1n) is 10.9. The number of aromatic hydroxyl groups is 1. The van der Waals surface area contributed by atoms with E-state index in [0.29, 0.717) is 37.4 Å². The third-order valence-electron chi connectivity index (χ3n) is 5.49. The number of hydrogen-bond acceptors (Lipinski definition) is 5. The highest BCUT2D eigenvalue weighted by Crippen LogP contribution is 2.33. The first kappa shape index (κ1) is 23.0. The summed E-state index contributed by atoms with van der Waals surface area (Å²) in [6, 6.07) is 18.4. The van der Waals surface area contributed by atoms with E-state index < -0.39 is 11.8 Å². The number of hydrogen-bond donors (Lipinski definition) is 3. The van der Waals surface area contributed by atoms with Crippen LogP contribution in [0.1, 0.15) is 36.6 Å². The summed E-state index contributed by atoms with van der Waals surface area (Å²) in [6.07, 6.45) is 0. The minimum absolute atomic E-state index is 0.0213. The van der Waals surface area contributed by atoms with E-state index in [4.69, 9.17) is 4.74 Å². The van der Waals surface area contributed by atoms with Crippen LogP contribution in [-0.4, -0.2) is 54.0 Å². The molecular weight excluding hydrogens is 434 g/mol. The van der Waals surface area contributed by atoms with Crippen LogP contribution in [0.3, 0.4) is 0 Å². The van der Waals surface area contributed by atoms with Gasteiger partial charge in [-0.2, -0.15) is 0 Å². The van der Waals surface area contributed by atoms with Gasteiger partial charge in [-0.25, -0.2) is 0 Å². The Morgan fingerprint density at radius 2 is 1.47 bits per heavy atom. The summed E-state index contributed by atoms with van der Waals surface area (Å²) in [5.74, 6) is -1.62. The van der Waals surface area contributed by atoms with Crippen LogP contribution in [0.5, 0.6) is 5.75 Å². The zero-order valence-electron chi connectivity index (χ0n) is 18.7. The highest BCUT2D eigenvalue weighted by atomic mass is 16.5. The zero-order chi connectivity index (χ0) is 24.1. The number of morpholine rings is 1. The number of ether oxygens (including phenoxy) is 1. The van der Waals surface area contributed by atoms with Crippen LogP contribution >= 0.6 is 0 Å². The molecule has 1 aliphatic rings. The zero-order valence-corrected chi connectivity index (χ0v) is 18.7. The molecule has 8 nitrogen and oxygen atoms in total. The first-order chi connectivity index (χ1) is 16.4. The highest BCUT2D eigenvalue weighted by Gasteiger charge is 2.25. The second-order valence-corrected chi connectivity index (χ2v) is 7.96. The SMILES string of the molecule is Cc1ccc(C(=O)Nc2cc(NC(=O)c3ccccc3)cc(C(=O)N3CCOCC3)c2O)cc1. The van der Waals surface area contributed by atoms with Crippen molar-refractivity contribution in [3.63, 3.8) is 0 Å². The van der Waals surface area contributed by atoms with E-state index in [9.17, 15) is 19.5 Å². The number of amides is 3. The lowest BCUT2D eigenvalue weighted by Gasteiger charge is -2.27. The van der Waals surface area contributed by atoms with Gasteiger partial charge < -0.3 is 25.4 Å². The number of aryl methyl sites for hydroxylation is 1. The number of nitrogens with one attached hydrogen (secondary N) is 2. The molecule has 3 aromatic carbocycles. The maximum Gasteiger partial charge on any atom is 0.257 e. The summed E-state index contributed by atoms with van der Waals surface area (Å²) in [4.78, 5) is 40.2. The average molecular weight is 460 g/mol. The Kier molecular flexibility index (Phi) is 6.89. The molecule has 0 saturated carbocycles. The van der Waals surface area contributed by atoms with Gasteiger partial charge >= 0.3 is 0 Å². The fourth-order valence-corrected chi connectivity index (χ4v) is 3.59. The van der Waals surface area contributed by atoms with Gasteiger partial charge in [-0.05, 0) is 43.3 Å². The molecule has 0 atom stereocenters. The molecule has 1 saturated heterocycles. The molecule has 0 aromatic heterocycles. The van der Waals surface area contributed by atoms with Gasteiger partial charge in [0.2, 0.25) is 0 Å². The number of phenolic OH excluding ortho intramolecular Hbond substituents is 1. The molecule has 1 aliphatic heterocycles. The third kappa shape index (κ3) is 5.24. The maximum atomic E-state index is 13.2. The van der Waals surface area contributed by atoms with Crippen molar-refractivity contribution >= 4 is 29.1 Å². The van der Waals surface area contributed by atoms with Crippen LogP contribution in [0, 0.1) is 6.92 Å². The fraction of sp³-hybridized carbons (Fsp3) is 0.192. The first-order valence-corrected chi connectivity index (χ1v) is 10.9. The Balaban J connectivity index is 1.67. The Morgan fingerprint density at radius 3 is 2.15 bits per heavy atom. The van der Waals surface area contributed by atoms with Crippen molar-refractivity contribution in [2.45, 2.75) is 6.92 Å². The molecule has 0 spiro atoms. The molecule has 0 bridgehead atoms. The van der Waals surface area contributed by atoms with Gasteiger partial charge in [0.05, 0.1) is 24.5 Å². The third-order valence-corrected chi connectivity index (χ3v) is 5.49. The van der Waals surface area contributed by atoms with Gasteiger partial charge in [-0.3, -0.25) is 14.4 Å². The molecule has 174 valence electrons. The largest absolute Gasteiger partial charge is 0.505 e. The van der Waals surface area contributed by atoms with Crippen molar-refractivity contribution in [1.29, 1.82) is 0 Å². The number of rotatable bonds is 5. The van der Waals surface area contributed by atoms with Crippen molar-refractivity contribution < 1.29 is 24.2 Å². The lowest BCUT2D eigenvalue weighted by molar-refractivity contribution is 0.0301. The summed E-state index contributed by atoms with van der Waals surface area (Å²) in [6.45, 7) is 3.46. The van der Waals surface area contributed by atoms with Crippen LogP contribution in [0.4, 0.5) is 11.4 Å². The van der Waals surface area contributed by atoms with Gasteiger partial charge in [-0.1, -0.05) is 35.9 Å². The van der Waals surface area contributed by atoms with E-state index in [1.165, 1.54) is 12.1 Å². The minimum Gasteiger partial charge on any atom is -0.505 e. The van der Waals surface area contributed by atoms with E-state index in [1.807, 2.05) is 6.92 Å². The number of anilines is 2. The Hall–Kier alpha value is -4.17. The van der Waals surface area contributed by atoms with Crippen LogP contribution in [0.15, 0.2) is 66.7 Å². The predicted molar refractivity (Wildman–Crippen MR) is 128 cm³/mol. The smallest absolute Gasteiger partial charge is 0.257 e. The Morgan fingerprint density at radius 1 is 0.853 bits per heavy atom. The molecule has 3 amide bonds. The second-order valence-electron chi connectivity index (χ2n) is 7.96. The molecule has 34 heavy (non-hydrogen) atoms. The standard InChI is InChI=1S/C26H25N3O5/c1-17-7-9-19(10-8-17)25(32)28-22-16-20(27-24(31)18-5-3-2-4-6-18)15-21(23(22)30)26(33)29-11-13-34-14-12-29/h2-10,15-16,30H,11-14H2,1H3,(H,27,31)(H,28,32). The number of carbonyl (C=O) groups is 3. The van der Waals surface area contributed by atoms with Crippen LogP contribution in [0.2, 0.25) is 0 Å². The van der Waals surface area contributed by atoms with Gasteiger partial charge in [0.1, 0.15) is 0 Å². The van der Waals surface area contributed by atoms with E-state index in [2.05, 4.69) is 10.6 Å². The average Bonchev–Trinajstić information content (AvgIpc) is 2.86. The predicted octanol–water partition coefficient (Wildman–Crippen LogP) is 3.68. The molecule has 8 heteroatoms.